The van der Waals surface area contributed by atoms with Gasteiger partial charge in [-0.3, -0.25) is 9.31 Å². The second-order valence-electron chi connectivity index (χ2n) is 7.04. The minimum Gasteiger partial charge on any atom is -0.259 e. The third-order valence-corrected chi connectivity index (χ3v) is 6.75. The van der Waals surface area contributed by atoms with Gasteiger partial charge in [-0.2, -0.15) is 10.2 Å². The zero-order chi connectivity index (χ0) is 20.0. The molecule has 0 spiro atoms. The fourth-order valence-corrected chi connectivity index (χ4v) is 5.13. The van der Waals surface area contributed by atoms with Crippen LogP contribution in [0.3, 0.4) is 0 Å². The molecular formula is C19H16F2N6OS. The average molecular weight is 414 g/mol. The van der Waals surface area contributed by atoms with E-state index in [0.29, 0.717) is 21.8 Å². The van der Waals surface area contributed by atoms with E-state index in [-0.39, 0.29) is 19.3 Å². The molecule has 1 aromatic carbocycles. The number of fused-ring (bicyclic) bond motifs is 1. The summed E-state index contributed by atoms with van der Waals surface area (Å²) in [5.74, 6) is -2.08. The molecule has 0 saturated heterocycles. The van der Waals surface area contributed by atoms with Gasteiger partial charge in [0.25, 0.3) is 0 Å². The number of hydrogen-bond donors (Lipinski definition) is 1. The Morgan fingerprint density at radius 1 is 1.21 bits per heavy atom. The van der Waals surface area contributed by atoms with Crippen molar-refractivity contribution in [2.24, 2.45) is 0 Å². The number of nitrogens with zero attached hydrogens (tertiary/aromatic N) is 5. The van der Waals surface area contributed by atoms with E-state index in [1.54, 1.807) is 16.9 Å². The van der Waals surface area contributed by atoms with Gasteiger partial charge in [0.15, 0.2) is 11.5 Å². The molecule has 7 nitrogen and oxygen atoms in total. The Bertz CT molecular complexity index is 1210. The zero-order valence-corrected chi connectivity index (χ0v) is 15.9. The van der Waals surface area contributed by atoms with Gasteiger partial charge in [-0.25, -0.2) is 23.4 Å². The largest absolute Gasteiger partial charge is 0.259 e. The number of alkyl halides is 2. The maximum atomic E-state index is 13.5. The predicted octanol–water partition coefficient (Wildman–Crippen LogP) is 3.50. The van der Waals surface area contributed by atoms with E-state index in [2.05, 4.69) is 25.3 Å². The normalized spacial score (nSPS) is 19.6. The van der Waals surface area contributed by atoms with Crippen LogP contribution < -0.4 is 0 Å². The van der Waals surface area contributed by atoms with Crippen molar-refractivity contribution in [3.05, 3.63) is 49.1 Å². The molecule has 1 N–H and O–H groups in total. The van der Waals surface area contributed by atoms with Gasteiger partial charge in [-0.1, -0.05) is 12.1 Å². The Balaban J connectivity index is 1.47. The number of aromatic amines is 1. The predicted molar refractivity (Wildman–Crippen MR) is 103 cm³/mol. The number of hydrogen-bond acceptors (Lipinski definition) is 5. The van der Waals surface area contributed by atoms with Gasteiger partial charge in [-0.05, 0) is 24.6 Å². The van der Waals surface area contributed by atoms with Crippen LogP contribution in [0, 0.1) is 0 Å². The molecule has 148 valence electrons. The summed E-state index contributed by atoms with van der Waals surface area (Å²) in [4.78, 5) is 9.03. The molecule has 0 amide bonds. The van der Waals surface area contributed by atoms with Gasteiger partial charge >= 0.3 is 0 Å². The molecule has 5 rings (SSSR count). The second kappa shape index (κ2) is 6.80. The summed E-state index contributed by atoms with van der Waals surface area (Å²) in [6, 6.07) is 9.30. The van der Waals surface area contributed by atoms with Crippen LogP contribution in [0.4, 0.5) is 8.78 Å². The van der Waals surface area contributed by atoms with Gasteiger partial charge in [0.2, 0.25) is 5.92 Å². The van der Waals surface area contributed by atoms with Crippen molar-refractivity contribution < 1.29 is 13.0 Å². The number of nitrogens with one attached hydrogen (secondary N) is 1. The van der Waals surface area contributed by atoms with Crippen molar-refractivity contribution in [3.8, 4) is 17.1 Å². The molecule has 29 heavy (non-hydrogen) atoms. The molecule has 1 aliphatic rings. The average Bonchev–Trinajstić information content (AvgIpc) is 3.46. The highest BCUT2D eigenvalue weighted by molar-refractivity contribution is 7.85. The van der Waals surface area contributed by atoms with E-state index in [9.17, 15) is 13.0 Å². The molecule has 10 heteroatoms. The molecule has 2 atom stereocenters. The van der Waals surface area contributed by atoms with Crippen molar-refractivity contribution in [2.75, 3.05) is 0 Å². The van der Waals surface area contributed by atoms with Crippen molar-refractivity contribution in [1.82, 2.24) is 29.9 Å². The van der Waals surface area contributed by atoms with Crippen molar-refractivity contribution in [3.63, 3.8) is 0 Å². The first kappa shape index (κ1) is 18.0. The number of benzene rings is 1. The van der Waals surface area contributed by atoms with Gasteiger partial charge < -0.3 is 0 Å². The summed E-state index contributed by atoms with van der Waals surface area (Å²) in [7, 11) is -1.52. The maximum absolute atomic E-state index is 13.5. The number of aromatic nitrogens is 6. The van der Waals surface area contributed by atoms with E-state index >= 15 is 0 Å². The van der Waals surface area contributed by atoms with Gasteiger partial charge in [0.05, 0.1) is 27.6 Å². The maximum Gasteiger partial charge on any atom is 0.249 e. The van der Waals surface area contributed by atoms with E-state index < -0.39 is 22.0 Å². The lowest BCUT2D eigenvalue weighted by atomic mass is 10.2. The fourth-order valence-electron chi connectivity index (χ4n) is 3.61. The van der Waals surface area contributed by atoms with Crippen LogP contribution in [0.5, 0.6) is 0 Å². The highest BCUT2D eigenvalue weighted by atomic mass is 32.2. The summed E-state index contributed by atoms with van der Waals surface area (Å²) >= 11 is 0. The minimum atomic E-state index is -2.72. The first-order valence-electron chi connectivity index (χ1n) is 9.08. The summed E-state index contributed by atoms with van der Waals surface area (Å²) in [5.41, 5.74) is 2.23. The van der Waals surface area contributed by atoms with Crippen LogP contribution in [0.25, 0.3) is 28.1 Å². The van der Waals surface area contributed by atoms with Gasteiger partial charge in [0, 0.05) is 35.2 Å². The number of halogens is 2. The Morgan fingerprint density at radius 3 is 2.86 bits per heavy atom. The molecule has 1 unspecified atom stereocenters. The molecular weight excluding hydrogens is 398 g/mol. The van der Waals surface area contributed by atoms with Crippen LogP contribution in [-0.2, 0) is 10.8 Å². The lowest BCUT2D eigenvalue weighted by Crippen LogP contribution is -2.16. The van der Waals surface area contributed by atoms with Crippen molar-refractivity contribution in [1.29, 1.82) is 0 Å². The summed E-state index contributed by atoms with van der Waals surface area (Å²) in [6.07, 6.45) is 4.27. The van der Waals surface area contributed by atoms with E-state index in [1.807, 2.05) is 24.3 Å². The molecule has 0 bridgehead atoms. The summed E-state index contributed by atoms with van der Waals surface area (Å²) in [5, 5.41) is 11.2. The zero-order valence-electron chi connectivity index (χ0n) is 15.1. The lowest BCUT2D eigenvalue weighted by molar-refractivity contribution is 0.00967. The van der Waals surface area contributed by atoms with E-state index in [1.165, 1.54) is 12.5 Å². The standard InChI is InChI=1S/C19H16F2N6OS/c20-19(21)5-4-15(8-19)29(28)16-7-13-9-25-27(18(13)22-10-16)14-3-1-2-12(6-14)17-23-11-24-26-17/h1-3,6-7,9-11,15H,4-5,8H2,(H,23,24,26)/t15-,29?/m1/s1. The smallest absolute Gasteiger partial charge is 0.249 e. The van der Waals surface area contributed by atoms with E-state index in [0.717, 1.165) is 11.3 Å². The molecule has 1 fully saturated rings. The van der Waals surface area contributed by atoms with Crippen LogP contribution >= 0.6 is 0 Å². The summed E-state index contributed by atoms with van der Waals surface area (Å²) in [6.45, 7) is 0. The first-order valence-corrected chi connectivity index (χ1v) is 10.3. The quantitative estimate of drug-likeness (QED) is 0.552. The Morgan fingerprint density at radius 2 is 2.10 bits per heavy atom. The van der Waals surface area contributed by atoms with Crippen LogP contribution in [0.15, 0.2) is 53.9 Å². The minimum absolute atomic E-state index is 0.210. The van der Waals surface area contributed by atoms with Crippen molar-refractivity contribution >= 4 is 21.8 Å². The fraction of sp³-hybridized carbons (Fsp3) is 0.263. The monoisotopic (exact) mass is 414 g/mol. The van der Waals surface area contributed by atoms with Gasteiger partial charge in [0.1, 0.15) is 6.33 Å². The molecule has 3 heterocycles. The highest BCUT2D eigenvalue weighted by Gasteiger charge is 2.42. The molecule has 3 aromatic heterocycles. The SMILES string of the molecule is O=S(c1cnc2c(cnn2-c2cccc(-c3ncn[nH]3)c2)c1)[C@@H]1CCC(F)(F)C1. The van der Waals surface area contributed by atoms with Crippen LogP contribution in [0.1, 0.15) is 19.3 Å². The number of pyridine rings is 1. The van der Waals surface area contributed by atoms with Crippen LogP contribution in [-0.4, -0.2) is 45.3 Å². The Kier molecular flexibility index (Phi) is 4.23. The van der Waals surface area contributed by atoms with E-state index in [4.69, 9.17) is 0 Å². The Labute approximate surface area is 166 Å². The highest BCUT2D eigenvalue weighted by Crippen LogP contribution is 2.38. The third kappa shape index (κ3) is 3.33. The number of H-pyrrole nitrogens is 1. The van der Waals surface area contributed by atoms with Gasteiger partial charge in [-0.15, -0.1) is 0 Å². The topological polar surface area (TPSA) is 89.3 Å². The first-order chi connectivity index (χ1) is 14.0. The number of rotatable bonds is 4. The molecule has 0 radical (unpaired) electrons. The van der Waals surface area contributed by atoms with Crippen LogP contribution in [0.2, 0.25) is 0 Å². The summed E-state index contributed by atoms with van der Waals surface area (Å²) < 4.78 is 41.3. The third-order valence-electron chi connectivity index (χ3n) is 5.06. The molecule has 0 aliphatic heterocycles. The lowest BCUT2D eigenvalue weighted by Gasteiger charge is -2.10. The van der Waals surface area contributed by atoms with Crippen molar-refractivity contribution in [2.45, 2.75) is 35.3 Å². The molecule has 4 aromatic rings. The Hall–Kier alpha value is -3.01. The second-order valence-corrected chi connectivity index (χ2v) is 8.78. The molecule has 1 aliphatic carbocycles. The molecule has 1 saturated carbocycles.